The summed E-state index contributed by atoms with van der Waals surface area (Å²) in [7, 11) is -4.11. The fourth-order valence-electron chi connectivity index (χ4n) is 3.18. The van der Waals surface area contributed by atoms with Crippen LogP contribution in [0.1, 0.15) is 33.6 Å². The van der Waals surface area contributed by atoms with Crippen molar-refractivity contribution in [2.45, 2.75) is 23.8 Å². The molecule has 0 atom stereocenters. The molecule has 1 aliphatic heterocycles. The van der Waals surface area contributed by atoms with Crippen LogP contribution >= 0.6 is 0 Å². The lowest BCUT2D eigenvalue weighted by Gasteiger charge is -2.31. The Hall–Kier alpha value is -3.02. The van der Waals surface area contributed by atoms with Crippen molar-refractivity contribution in [3.63, 3.8) is 0 Å². The van der Waals surface area contributed by atoms with Crippen molar-refractivity contribution in [2.24, 2.45) is 5.73 Å². The molecule has 154 valence electrons. The molecule has 1 aromatic carbocycles. The van der Waals surface area contributed by atoms with E-state index in [9.17, 15) is 18.0 Å². The number of nitrogens with one attached hydrogen (secondary N) is 1. The number of nitrogens with zero attached hydrogens (tertiary/aromatic N) is 2. The average molecular weight is 420 g/mol. The van der Waals surface area contributed by atoms with Gasteiger partial charge >= 0.3 is 0 Å². The number of amides is 2. The molecular formula is C18H20N4O6S. The summed E-state index contributed by atoms with van der Waals surface area (Å²) >= 11 is 0. The van der Waals surface area contributed by atoms with Gasteiger partial charge in [-0.1, -0.05) is 6.07 Å². The summed E-state index contributed by atoms with van der Waals surface area (Å²) in [6.07, 6.45) is 3.93. The van der Waals surface area contributed by atoms with Gasteiger partial charge in [0.1, 0.15) is 11.9 Å². The first kappa shape index (κ1) is 20.7. The Morgan fingerprint density at radius 1 is 1.17 bits per heavy atom. The van der Waals surface area contributed by atoms with Crippen LogP contribution < -0.4 is 16.0 Å². The molecule has 0 radical (unpaired) electrons. The Morgan fingerprint density at radius 2 is 1.83 bits per heavy atom. The SMILES string of the molecule is NC(=O)c1cccc(S(=O)(=O)N2CCC(Oc3ccncc3)CC2)c1C(=O)NO. The van der Waals surface area contributed by atoms with Gasteiger partial charge in [0.15, 0.2) is 0 Å². The van der Waals surface area contributed by atoms with E-state index in [1.54, 1.807) is 24.5 Å². The number of primary amides is 1. The van der Waals surface area contributed by atoms with Crippen molar-refractivity contribution >= 4 is 21.8 Å². The molecular weight excluding hydrogens is 400 g/mol. The molecule has 2 heterocycles. The van der Waals surface area contributed by atoms with Crippen LogP contribution in [0.5, 0.6) is 5.75 Å². The van der Waals surface area contributed by atoms with E-state index in [-0.39, 0.29) is 24.8 Å². The zero-order valence-electron chi connectivity index (χ0n) is 15.3. The topological polar surface area (TPSA) is 152 Å². The highest BCUT2D eigenvalue weighted by molar-refractivity contribution is 7.89. The van der Waals surface area contributed by atoms with Crippen molar-refractivity contribution in [3.8, 4) is 5.75 Å². The van der Waals surface area contributed by atoms with E-state index in [1.807, 2.05) is 0 Å². The van der Waals surface area contributed by atoms with Crippen LogP contribution in [0.4, 0.5) is 0 Å². The Kier molecular flexibility index (Phi) is 6.11. The molecule has 3 rings (SSSR count). The summed E-state index contributed by atoms with van der Waals surface area (Å²) in [5, 5.41) is 8.99. The minimum atomic E-state index is -4.11. The quantitative estimate of drug-likeness (QED) is 0.455. The van der Waals surface area contributed by atoms with Crippen LogP contribution in [0.3, 0.4) is 0 Å². The number of hydroxylamine groups is 1. The Labute approximate surface area is 167 Å². The van der Waals surface area contributed by atoms with Gasteiger partial charge in [0.05, 0.1) is 16.0 Å². The molecule has 11 heteroatoms. The Morgan fingerprint density at radius 3 is 2.41 bits per heavy atom. The number of rotatable bonds is 6. The predicted octanol–water partition coefficient (Wildman–Crippen LogP) is 0.532. The number of hydrogen-bond donors (Lipinski definition) is 3. The van der Waals surface area contributed by atoms with Gasteiger partial charge < -0.3 is 10.5 Å². The van der Waals surface area contributed by atoms with Crippen LogP contribution in [0.2, 0.25) is 0 Å². The van der Waals surface area contributed by atoms with E-state index in [1.165, 1.54) is 28.0 Å². The standard InChI is InChI=1S/C18H20N4O6S/c19-17(23)14-2-1-3-15(16(14)18(24)21-25)29(26,27)22-10-6-13(7-11-22)28-12-4-8-20-9-5-12/h1-5,8-9,13,25H,6-7,10-11H2,(H2,19,23)(H,21,24). The lowest BCUT2D eigenvalue weighted by atomic mass is 10.1. The molecule has 0 unspecified atom stereocenters. The highest BCUT2D eigenvalue weighted by Gasteiger charge is 2.34. The van der Waals surface area contributed by atoms with Gasteiger partial charge in [-0.2, -0.15) is 4.31 Å². The maximum Gasteiger partial charge on any atom is 0.276 e. The highest BCUT2D eigenvalue weighted by Crippen LogP contribution is 2.27. The van der Waals surface area contributed by atoms with Crippen LogP contribution in [0.15, 0.2) is 47.6 Å². The van der Waals surface area contributed by atoms with Gasteiger partial charge in [0.2, 0.25) is 15.9 Å². The second-order valence-corrected chi connectivity index (χ2v) is 8.29. The molecule has 2 amide bonds. The minimum absolute atomic E-state index is 0.166. The lowest BCUT2D eigenvalue weighted by Crippen LogP contribution is -2.42. The van der Waals surface area contributed by atoms with Gasteiger partial charge in [-0.05, 0) is 37.1 Å². The summed E-state index contributed by atoms with van der Waals surface area (Å²) in [6, 6.07) is 7.18. The van der Waals surface area contributed by atoms with Crippen LogP contribution in [0.25, 0.3) is 0 Å². The normalized spacial score (nSPS) is 15.6. The maximum absolute atomic E-state index is 13.1. The second kappa shape index (κ2) is 8.55. The van der Waals surface area contributed by atoms with Crippen molar-refractivity contribution in [2.75, 3.05) is 13.1 Å². The molecule has 1 fully saturated rings. The number of carbonyl (C=O) groups excluding carboxylic acids is 2. The number of benzene rings is 1. The molecule has 1 saturated heterocycles. The first-order chi connectivity index (χ1) is 13.8. The zero-order chi connectivity index (χ0) is 21.0. The average Bonchev–Trinajstić information content (AvgIpc) is 2.73. The van der Waals surface area contributed by atoms with Crippen molar-refractivity contribution in [3.05, 3.63) is 53.9 Å². The van der Waals surface area contributed by atoms with Gasteiger partial charge in [-0.15, -0.1) is 0 Å². The van der Waals surface area contributed by atoms with Crippen molar-refractivity contribution in [1.29, 1.82) is 0 Å². The molecule has 10 nitrogen and oxygen atoms in total. The highest BCUT2D eigenvalue weighted by atomic mass is 32.2. The monoisotopic (exact) mass is 420 g/mol. The molecule has 0 bridgehead atoms. The molecule has 4 N–H and O–H groups in total. The van der Waals surface area contributed by atoms with Gasteiger partial charge in [-0.3, -0.25) is 19.8 Å². The molecule has 0 spiro atoms. The third kappa shape index (κ3) is 4.36. The zero-order valence-corrected chi connectivity index (χ0v) is 16.1. The van der Waals surface area contributed by atoms with Gasteiger partial charge in [-0.25, -0.2) is 13.9 Å². The number of ether oxygens (including phenoxy) is 1. The third-order valence-electron chi connectivity index (χ3n) is 4.59. The summed E-state index contributed by atoms with van der Waals surface area (Å²) in [5.41, 5.74) is 5.84. The predicted molar refractivity (Wildman–Crippen MR) is 101 cm³/mol. The third-order valence-corrected chi connectivity index (χ3v) is 6.53. The summed E-state index contributed by atoms with van der Waals surface area (Å²) < 4.78 is 33.3. The molecule has 1 aliphatic rings. The minimum Gasteiger partial charge on any atom is -0.490 e. The largest absolute Gasteiger partial charge is 0.490 e. The van der Waals surface area contributed by atoms with E-state index in [4.69, 9.17) is 15.7 Å². The Balaban J connectivity index is 1.82. The molecule has 2 aromatic rings. The first-order valence-electron chi connectivity index (χ1n) is 8.78. The second-order valence-electron chi connectivity index (χ2n) is 6.39. The first-order valence-corrected chi connectivity index (χ1v) is 10.2. The molecule has 29 heavy (non-hydrogen) atoms. The summed E-state index contributed by atoms with van der Waals surface area (Å²) in [6.45, 7) is 0.331. The number of aromatic nitrogens is 1. The maximum atomic E-state index is 13.1. The Bertz CT molecular complexity index is 1000. The van der Waals surface area contributed by atoms with E-state index in [2.05, 4.69) is 4.98 Å². The number of pyridine rings is 1. The lowest BCUT2D eigenvalue weighted by molar-refractivity contribution is 0.0698. The fraction of sp³-hybridized carbons (Fsp3) is 0.278. The van der Waals surface area contributed by atoms with Crippen LogP contribution in [0, 0.1) is 0 Å². The fourth-order valence-corrected chi connectivity index (χ4v) is 4.86. The van der Waals surface area contributed by atoms with Crippen LogP contribution in [-0.4, -0.2) is 53.9 Å². The van der Waals surface area contributed by atoms with Crippen molar-refractivity contribution in [1.82, 2.24) is 14.8 Å². The smallest absolute Gasteiger partial charge is 0.276 e. The summed E-state index contributed by atoms with van der Waals surface area (Å²) in [4.78, 5) is 27.2. The van der Waals surface area contributed by atoms with E-state index in [0.717, 1.165) is 0 Å². The number of piperidine rings is 1. The number of hydrogen-bond acceptors (Lipinski definition) is 7. The summed E-state index contributed by atoms with van der Waals surface area (Å²) in [5.74, 6) is -1.46. The van der Waals surface area contributed by atoms with Gasteiger partial charge in [0, 0.05) is 25.5 Å². The van der Waals surface area contributed by atoms with E-state index in [0.29, 0.717) is 18.6 Å². The molecule has 0 saturated carbocycles. The number of nitrogens with two attached hydrogens (primary N) is 1. The van der Waals surface area contributed by atoms with Crippen LogP contribution in [-0.2, 0) is 10.0 Å². The van der Waals surface area contributed by atoms with E-state index >= 15 is 0 Å². The number of carbonyl (C=O) groups is 2. The van der Waals surface area contributed by atoms with Crippen molar-refractivity contribution < 1.29 is 28.0 Å². The number of sulfonamides is 1. The van der Waals surface area contributed by atoms with E-state index < -0.39 is 32.3 Å². The molecule has 1 aromatic heterocycles. The van der Waals surface area contributed by atoms with Gasteiger partial charge in [0.25, 0.3) is 5.91 Å². The molecule has 0 aliphatic carbocycles.